The van der Waals surface area contributed by atoms with Crippen LogP contribution in [0, 0.1) is 11.3 Å². The Morgan fingerprint density at radius 3 is 2.68 bits per heavy atom. The van der Waals surface area contributed by atoms with Crippen molar-refractivity contribution in [1.82, 2.24) is 10.2 Å². The maximum absolute atomic E-state index is 3.60. The second-order valence-electron chi connectivity index (χ2n) is 6.68. The molecule has 0 bridgehead atoms. The SMILES string of the molecule is CC(C)C1N(Cc2ccccc2)CCC12CCNC2. The van der Waals surface area contributed by atoms with Crippen LogP contribution in [0.4, 0.5) is 0 Å². The summed E-state index contributed by atoms with van der Waals surface area (Å²) in [6.45, 7) is 9.61. The molecule has 2 fully saturated rings. The lowest BCUT2D eigenvalue weighted by Gasteiger charge is -2.38. The van der Waals surface area contributed by atoms with Gasteiger partial charge in [0.05, 0.1) is 0 Å². The van der Waals surface area contributed by atoms with E-state index in [1.54, 1.807) is 0 Å². The number of rotatable bonds is 3. The zero-order valence-corrected chi connectivity index (χ0v) is 12.2. The Bertz CT molecular complexity index is 407. The van der Waals surface area contributed by atoms with Crippen LogP contribution < -0.4 is 5.32 Å². The van der Waals surface area contributed by atoms with E-state index >= 15 is 0 Å². The summed E-state index contributed by atoms with van der Waals surface area (Å²) in [5.41, 5.74) is 2.00. The van der Waals surface area contributed by atoms with Gasteiger partial charge in [0, 0.05) is 24.5 Å². The highest BCUT2D eigenvalue weighted by molar-refractivity contribution is 5.16. The van der Waals surface area contributed by atoms with Gasteiger partial charge in [-0.05, 0) is 37.4 Å². The first-order valence-electron chi connectivity index (χ1n) is 7.70. The lowest BCUT2D eigenvalue weighted by Crippen LogP contribution is -2.44. The predicted octanol–water partition coefficient (Wildman–Crippen LogP) is 2.90. The third-order valence-electron chi connectivity index (χ3n) is 5.05. The molecule has 2 aliphatic heterocycles. The topological polar surface area (TPSA) is 15.3 Å². The molecule has 2 heteroatoms. The lowest BCUT2D eigenvalue weighted by molar-refractivity contribution is 0.116. The highest BCUT2D eigenvalue weighted by Crippen LogP contribution is 2.45. The fourth-order valence-electron chi connectivity index (χ4n) is 4.39. The van der Waals surface area contributed by atoms with Gasteiger partial charge in [-0.3, -0.25) is 4.90 Å². The summed E-state index contributed by atoms with van der Waals surface area (Å²) >= 11 is 0. The smallest absolute Gasteiger partial charge is 0.0237 e. The monoisotopic (exact) mass is 258 g/mol. The molecule has 3 rings (SSSR count). The van der Waals surface area contributed by atoms with Gasteiger partial charge in [0.2, 0.25) is 0 Å². The van der Waals surface area contributed by atoms with Crippen LogP contribution in [0.2, 0.25) is 0 Å². The largest absolute Gasteiger partial charge is 0.316 e. The normalized spacial score (nSPS) is 31.6. The summed E-state index contributed by atoms with van der Waals surface area (Å²) in [5.74, 6) is 0.742. The molecule has 2 heterocycles. The van der Waals surface area contributed by atoms with E-state index in [0.717, 1.165) is 18.5 Å². The molecule has 1 N–H and O–H groups in total. The third kappa shape index (κ3) is 2.44. The summed E-state index contributed by atoms with van der Waals surface area (Å²) in [5, 5.41) is 3.60. The second kappa shape index (κ2) is 5.26. The minimum absolute atomic E-state index is 0.545. The standard InChI is InChI=1S/C17H26N2/c1-14(2)16-17(8-10-18-13-17)9-11-19(16)12-15-6-4-3-5-7-15/h3-7,14,16,18H,8-13H2,1-2H3. The van der Waals surface area contributed by atoms with Crippen molar-refractivity contribution in [1.29, 1.82) is 0 Å². The van der Waals surface area contributed by atoms with Gasteiger partial charge < -0.3 is 5.32 Å². The molecule has 0 amide bonds. The van der Waals surface area contributed by atoms with E-state index in [1.165, 1.54) is 38.0 Å². The Hall–Kier alpha value is -0.860. The van der Waals surface area contributed by atoms with E-state index in [2.05, 4.69) is 54.4 Å². The lowest BCUT2D eigenvalue weighted by atomic mass is 9.75. The number of benzene rings is 1. The van der Waals surface area contributed by atoms with Gasteiger partial charge in [0.25, 0.3) is 0 Å². The molecule has 2 saturated heterocycles. The van der Waals surface area contributed by atoms with Crippen molar-refractivity contribution >= 4 is 0 Å². The van der Waals surface area contributed by atoms with Crippen molar-refractivity contribution in [3.63, 3.8) is 0 Å². The minimum atomic E-state index is 0.545. The summed E-state index contributed by atoms with van der Waals surface area (Å²) in [4.78, 5) is 2.73. The molecule has 1 aromatic carbocycles. The van der Waals surface area contributed by atoms with Crippen LogP contribution >= 0.6 is 0 Å². The average Bonchev–Trinajstić information content (AvgIpc) is 3.00. The van der Waals surface area contributed by atoms with Crippen molar-refractivity contribution < 1.29 is 0 Å². The van der Waals surface area contributed by atoms with Gasteiger partial charge in [-0.1, -0.05) is 44.2 Å². The molecule has 0 saturated carbocycles. The fraction of sp³-hybridized carbons (Fsp3) is 0.647. The third-order valence-corrected chi connectivity index (χ3v) is 5.05. The van der Waals surface area contributed by atoms with Crippen LogP contribution in [-0.4, -0.2) is 30.6 Å². The second-order valence-corrected chi connectivity index (χ2v) is 6.68. The zero-order valence-electron chi connectivity index (χ0n) is 12.2. The van der Waals surface area contributed by atoms with E-state index in [1.807, 2.05) is 0 Å². The number of hydrogen-bond acceptors (Lipinski definition) is 2. The van der Waals surface area contributed by atoms with Gasteiger partial charge in [-0.2, -0.15) is 0 Å². The maximum atomic E-state index is 3.60. The van der Waals surface area contributed by atoms with Crippen LogP contribution in [0.25, 0.3) is 0 Å². The van der Waals surface area contributed by atoms with Gasteiger partial charge in [0.15, 0.2) is 0 Å². The van der Waals surface area contributed by atoms with Crippen LogP contribution in [0.1, 0.15) is 32.3 Å². The molecular formula is C17H26N2. The Morgan fingerprint density at radius 1 is 1.26 bits per heavy atom. The van der Waals surface area contributed by atoms with E-state index < -0.39 is 0 Å². The van der Waals surface area contributed by atoms with Crippen LogP contribution in [0.3, 0.4) is 0 Å². The first kappa shape index (κ1) is 13.1. The van der Waals surface area contributed by atoms with Crippen molar-refractivity contribution in [3.8, 4) is 0 Å². The molecule has 0 radical (unpaired) electrons. The average molecular weight is 258 g/mol. The predicted molar refractivity (Wildman–Crippen MR) is 80.0 cm³/mol. The Labute approximate surface area is 117 Å². The zero-order chi connectivity index (χ0) is 13.3. The van der Waals surface area contributed by atoms with E-state index in [4.69, 9.17) is 0 Å². The Balaban J connectivity index is 1.78. The van der Waals surface area contributed by atoms with E-state index in [-0.39, 0.29) is 0 Å². The molecule has 1 aromatic rings. The number of nitrogens with zero attached hydrogens (tertiary/aromatic N) is 1. The molecule has 2 nitrogen and oxygen atoms in total. The Morgan fingerprint density at radius 2 is 2.05 bits per heavy atom. The molecule has 104 valence electrons. The van der Waals surface area contributed by atoms with Gasteiger partial charge >= 0.3 is 0 Å². The van der Waals surface area contributed by atoms with Crippen LogP contribution in [0.5, 0.6) is 0 Å². The molecule has 2 atom stereocenters. The molecule has 0 aliphatic carbocycles. The van der Waals surface area contributed by atoms with E-state index in [0.29, 0.717) is 5.41 Å². The van der Waals surface area contributed by atoms with Gasteiger partial charge in [-0.15, -0.1) is 0 Å². The van der Waals surface area contributed by atoms with Gasteiger partial charge in [-0.25, -0.2) is 0 Å². The van der Waals surface area contributed by atoms with E-state index in [9.17, 15) is 0 Å². The summed E-state index contributed by atoms with van der Waals surface area (Å²) < 4.78 is 0. The summed E-state index contributed by atoms with van der Waals surface area (Å²) in [6, 6.07) is 11.7. The number of likely N-dealkylation sites (tertiary alicyclic amines) is 1. The number of nitrogens with one attached hydrogen (secondary N) is 1. The molecule has 2 unspecified atom stereocenters. The first-order valence-corrected chi connectivity index (χ1v) is 7.70. The van der Waals surface area contributed by atoms with Crippen molar-refractivity contribution in [2.24, 2.45) is 11.3 Å². The molecule has 1 spiro atoms. The van der Waals surface area contributed by atoms with Crippen molar-refractivity contribution in [2.45, 2.75) is 39.3 Å². The quantitative estimate of drug-likeness (QED) is 0.897. The van der Waals surface area contributed by atoms with Crippen molar-refractivity contribution in [3.05, 3.63) is 35.9 Å². The van der Waals surface area contributed by atoms with Crippen molar-refractivity contribution in [2.75, 3.05) is 19.6 Å². The molecule has 2 aliphatic rings. The minimum Gasteiger partial charge on any atom is -0.316 e. The van der Waals surface area contributed by atoms with Crippen LogP contribution in [-0.2, 0) is 6.54 Å². The summed E-state index contributed by atoms with van der Waals surface area (Å²) in [6.07, 6.45) is 2.73. The van der Waals surface area contributed by atoms with Gasteiger partial charge in [0.1, 0.15) is 0 Å². The number of hydrogen-bond donors (Lipinski definition) is 1. The highest BCUT2D eigenvalue weighted by atomic mass is 15.2. The van der Waals surface area contributed by atoms with Crippen LogP contribution in [0.15, 0.2) is 30.3 Å². The summed E-state index contributed by atoms with van der Waals surface area (Å²) in [7, 11) is 0. The molecule has 0 aromatic heterocycles. The highest BCUT2D eigenvalue weighted by Gasteiger charge is 2.49. The molecular weight excluding hydrogens is 232 g/mol. The first-order chi connectivity index (χ1) is 9.21. The Kier molecular flexibility index (Phi) is 3.64. The maximum Gasteiger partial charge on any atom is 0.0237 e. The molecule has 19 heavy (non-hydrogen) atoms. The fourth-order valence-corrected chi connectivity index (χ4v) is 4.39.